The number of hydrogen-bond donors (Lipinski definition) is 3. The van der Waals surface area contributed by atoms with Crippen molar-refractivity contribution in [2.75, 3.05) is 5.32 Å². The van der Waals surface area contributed by atoms with Crippen LogP contribution < -0.4 is 11.1 Å². The second-order valence-corrected chi connectivity index (χ2v) is 5.01. The van der Waals surface area contributed by atoms with E-state index < -0.39 is 5.97 Å². The number of carbonyl (C=O) groups excluding carboxylic acids is 1. The molecule has 0 fully saturated rings. The number of anilines is 1. The molecule has 0 bridgehead atoms. The lowest BCUT2D eigenvalue weighted by molar-refractivity contribution is -0.116. The average Bonchev–Trinajstić information content (AvgIpc) is 2.88. The van der Waals surface area contributed by atoms with Crippen LogP contribution in [0.4, 0.5) is 5.69 Å². The van der Waals surface area contributed by atoms with Gasteiger partial charge in [0.1, 0.15) is 6.54 Å². The highest BCUT2D eigenvalue weighted by atomic mass is 79.9. The lowest BCUT2D eigenvalue weighted by Gasteiger charge is -2.08. The Bertz CT molecular complexity index is 685. The molecule has 9 heteroatoms. The zero-order valence-electron chi connectivity index (χ0n) is 10.8. The van der Waals surface area contributed by atoms with Crippen molar-refractivity contribution in [2.24, 2.45) is 5.73 Å². The molecule has 0 spiro atoms. The van der Waals surface area contributed by atoms with Crippen LogP contribution in [0.2, 0.25) is 0 Å². The van der Waals surface area contributed by atoms with Gasteiger partial charge in [-0.3, -0.25) is 4.79 Å². The summed E-state index contributed by atoms with van der Waals surface area (Å²) in [5.74, 6) is -1.42. The first-order valence-electron chi connectivity index (χ1n) is 5.91. The van der Waals surface area contributed by atoms with E-state index in [-0.39, 0.29) is 24.6 Å². The number of halogens is 1. The van der Waals surface area contributed by atoms with Crippen molar-refractivity contribution in [1.82, 2.24) is 15.0 Å². The average molecular weight is 354 g/mol. The van der Waals surface area contributed by atoms with Crippen molar-refractivity contribution >= 4 is 33.5 Å². The number of nitrogens with one attached hydrogen (secondary N) is 1. The van der Waals surface area contributed by atoms with E-state index in [4.69, 9.17) is 10.8 Å². The van der Waals surface area contributed by atoms with Crippen molar-refractivity contribution in [2.45, 2.75) is 13.1 Å². The van der Waals surface area contributed by atoms with E-state index >= 15 is 0 Å². The number of benzene rings is 1. The van der Waals surface area contributed by atoms with E-state index in [0.717, 1.165) is 0 Å². The third kappa shape index (κ3) is 3.86. The molecule has 2 rings (SSSR count). The Balaban J connectivity index is 2.08. The summed E-state index contributed by atoms with van der Waals surface area (Å²) in [6.45, 7) is 0.199. The summed E-state index contributed by atoms with van der Waals surface area (Å²) in [4.78, 5) is 22.8. The molecule has 1 aromatic heterocycles. The summed E-state index contributed by atoms with van der Waals surface area (Å²) < 4.78 is 1.94. The molecule has 0 radical (unpaired) electrons. The molecule has 0 unspecified atom stereocenters. The molecule has 8 nitrogen and oxygen atoms in total. The van der Waals surface area contributed by atoms with Crippen LogP contribution in [0.5, 0.6) is 0 Å². The zero-order valence-corrected chi connectivity index (χ0v) is 12.4. The molecule has 4 N–H and O–H groups in total. The topological polar surface area (TPSA) is 123 Å². The molecule has 1 heterocycles. The number of amides is 1. The van der Waals surface area contributed by atoms with Gasteiger partial charge in [-0.1, -0.05) is 5.21 Å². The summed E-state index contributed by atoms with van der Waals surface area (Å²) in [6.07, 6.45) is 1.57. The summed E-state index contributed by atoms with van der Waals surface area (Å²) in [6, 6.07) is 4.37. The lowest BCUT2D eigenvalue weighted by Crippen LogP contribution is -2.19. The van der Waals surface area contributed by atoms with Gasteiger partial charge in [-0.25, -0.2) is 9.48 Å². The van der Waals surface area contributed by atoms with Crippen molar-refractivity contribution in [3.8, 4) is 0 Å². The standard InChI is InChI=1S/C12H12BrN5O3/c13-9-2-1-7(12(20)21)3-10(9)15-11(19)6-18-5-8(4-14)16-17-18/h1-3,5H,4,6,14H2,(H,15,19)(H,20,21). The fourth-order valence-corrected chi connectivity index (χ4v) is 1.95. The number of aromatic carboxylic acids is 1. The first kappa shape index (κ1) is 15.1. The fourth-order valence-electron chi connectivity index (χ4n) is 1.60. The molecule has 21 heavy (non-hydrogen) atoms. The van der Waals surface area contributed by atoms with E-state index in [9.17, 15) is 9.59 Å². The molecule has 1 aromatic carbocycles. The Labute approximate surface area is 128 Å². The van der Waals surface area contributed by atoms with E-state index in [2.05, 4.69) is 31.6 Å². The number of rotatable bonds is 5. The van der Waals surface area contributed by atoms with E-state index in [1.54, 1.807) is 12.3 Å². The van der Waals surface area contributed by atoms with Gasteiger partial charge in [0.15, 0.2) is 0 Å². The van der Waals surface area contributed by atoms with Gasteiger partial charge in [0.05, 0.1) is 23.1 Å². The zero-order chi connectivity index (χ0) is 15.4. The van der Waals surface area contributed by atoms with Gasteiger partial charge in [0.25, 0.3) is 0 Å². The number of hydrogen-bond acceptors (Lipinski definition) is 5. The smallest absolute Gasteiger partial charge is 0.335 e. The minimum absolute atomic E-state index is 0.0449. The van der Waals surface area contributed by atoms with Gasteiger partial charge in [0, 0.05) is 11.0 Å². The lowest BCUT2D eigenvalue weighted by atomic mass is 10.2. The first-order valence-corrected chi connectivity index (χ1v) is 6.70. The van der Waals surface area contributed by atoms with Crippen LogP contribution in [0.3, 0.4) is 0 Å². The summed E-state index contributed by atoms with van der Waals surface area (Å²) >= 11 is 3.25. The Hall–Kier alpha value is -2.26. The number of nitrogens with zero attached hydrogens (tertiary/aromatic N) is 3. The third-order valence-electron chi connectivity index (χ3n) is 2.59. The highest BCUT2D eigenvalue weighted by molar-refractivity contribution is 9.10. The largest absolute Gasteiger partial charge is 0.478 e. The van der Waals surface area contributed by atoms with E-state index in [1.807, 2.05) is 0 Å². The molecule has 1 amide bonds. The monoisotopic (exact) mass is 353 g/mol. The van der Waals surface area contributed by atoms with Crippen LogP contribution in [0.1, 0.15) is 16.1 Å². The predicted octanol–water partition coefficient (Wildman–Crippen LogP) is 0.836. The Morgan fingerprint density at radius 2 is 2.19 bits per heavy atom. The molecule has 2 aromatic rings. The van der Waals surface area contributed by atoms with Crippen molar-refractivity contribution in [3.63, 3.8) is 0 Å². The Morgan fingerprint density at radius 1 is 1.43 bits per heavy atom. The van der Waals surface area contributed by atoms with Crippen molar-refractivity contribution in [3.05, 3.63) is 40.1 Å². The van der Waals surface area contributed by atoms with Gasteiger partial charge in [-0.2, -0.15) is 0 Å². The van der Waals surface area contributed by atoms with Gasteiger partial charge in [-0.15, -0.1) is 5.10 Å². The summed E-state index contributed by atoms with van der Waals surface area (Å²) in [5, 5.41) is 19.1. The van der Waals surface area contributed by atoms with Crippen LogP contribution in [0.15, 0.2) is 28.9 Å². The van der Waals surface area contributed by atoms with Gasteiger partial charge >= 0.3 is 5.97 Å². The molecular formula is C12H12BrN5O3. The second kappa shape index (κ2) is 6.46. The van der Waals surface area contributed by atoms with E-state index in [1.165, 1.54) is 16.8 Å². The summed E-state index contributed by atoms with van der Waals surface area (Å²) in [7, 11) is 0. The van der Waals surface area contributed by atoms with Crippen LogP contribution in [0, 0.1) is 0 Å². The predicted molar refractivity (Wildman–Crippen MR) is 77.6 cm³/mol. The summed E-state index contributed by atoms with van der Waals surface area (Å²) in [5.41, 5.74) is 6.44. The number of carboxylic acids is 1. The Kier molecular flexibility index (Phi) is 4.66. The fraction of sp³-hybridized carbons (Fsp3) is 0.167. The van der Waals surface area contributed by atoms with Crippen LogP contribution in [-0.2, 0) is 17.9 Å². The SMILES string of the molecule is NCc1cn(CC(=O)Nc2cc(C(=O)O)ccc2Br)nn1. The number of nitrogens with two attached hydrogens (primary N) is 1. The van der Waals surface area contributed by atoms with Crippen LogP contribution in [-0.4, -0.2) is 32.0 Å². The van der Waals surface area contributed by atoms with Crippen LogP contribution in [0.25, 0.3) is 0 Å². The number of aromatic nitrogens is 3. The second-order valence-electron chi connectivity index (χ2n) is 4.16. The minimum atomic E-state index is -1.07. The number of carboxylic acid groups (broad SMARTS) is 1. The van der Waals surface area contributed by atoms with Gasteiger partial charge in [0.2, 0.25) is 5.91 Å². The highest BCUT2D eigenvalue weighted by Gasteiger charge is 2.11. The molecule has 0 aliphatic rings. The molecule has 0 saturated heterocycles. The van der Waals surface area contributed by atoms with Gasteiger partial charge < -0.3 is 16.2 Å². The number of carbonyl (C=O) groups is 2. The molecule has 0 atom stereocenters. The first-order chi connectivity index (χ1) is 9.99. The van der Waals surface area contributed by atoms with Crippen molar-refractivity contribution in [1.29, 1.82) is 0 Å². The maximum Gasteiger partial charge on any atom is 0.335 e. The molecule has 0 saturated carbocycles. The van der Waals surface area contributed by atoms with Crippen LogP contribution >= 0.6 is 15.9 Å². The minimum Gasteiger partial charge on any atom is -0.478 e. The molecule has 0 aliphatic carbocycles. The molecular weight excluding hydrogens is 342 g/mol. The van der Waals surface area contributed by atoms with E-state index in [0.29, 0.717) is 15.9 Å². The van der Waals surface area contributed by atoms with Gasteiger partial charge in [-0.05, 0) is 34.1 Å². The highest BCUT2D eigenvalue weighted by Crippen LogP contribution is 2.23. The Morgan fingerprint density at radius 3 is 2.81 bits per heavy atom. The molecule has 0 aliphatic heterocycles. The molecule has 110 valence electrons. The normalized spacial score (nSPS) is 10.4. The maximum absolute atomic E-state index is 11.9. The quantitative estimate of drug-likeness (QED) is 0.731. The van der Waals surface area contributed by atoms with Crippen molar-refractivity contribution < 1.29 is 14.7 Å². The third-order valence-corrected chi connectivity index (χ3v) is 3.28. The maximum atomic E-state index is 11.9.